The molecule has 3 heteroatoms. The number of anilines is 1. The number of aromatic nitrogens is 1. The van der Waals surface area contributed by atoms with Gasteiger partial charge in [0.05, 0.1) is 0 Å². The Kier molecular flexibility index (Phi) is 4.81. The lowest BCUT2D eigenvalue weighted by atomic mass is 9.92. The van der Waals surface area contributed by atoms with E-state index in [1.165, 1.54) is 30.6 Å². The first-order valence-electron chi connectivity index (χ1n) is 7.54. The highest BCUT2D eigenvalue weighted by Crippen LogP contribution is 2.30. The van der Waals surface area contributed by atoms with E-state index < -0.39 is 0 Å². The molecule has 2 atom stereocenters. The molecule has 2 rings (SSSR count). The molecule has 1 saturated heterocycles. The Morgan fingerprint density at radius 2 is 2.21 bits per heavy atom. The highest BCUT2D eigenvalue weighted by atomic mass is 15.2. The van der Waals surface area contributed by atoms with E-state index in [1.54, 1.807) is 0 Å². The smallest absolute Gasteiger partial charge is 0.0447 e. The Morgan fingerprint density at radius 3 is 2.89 bits per heavy atom. The third kappa shape index (κ3) is 3.47. The van der Waals surface area contributed by atoms with E-state index in [1.807, 2.05) is 6.20 Å². The fourth-order valence-electron chi connectivity index (χ4n) is 3.00. The number of pyridine rings is 1. The van der Waals surface area contributed by atoms with Crippen LogP contribution < -0.4 is 10.2 Å². The Bertz CT molecular complexity index is 416. The summed E-state index contributed by atoms with van der Waals surface area (Å²) in [4.78, 5) is 7.03. The fraction of sp³-hybridized carbons (Fsp3) is 0.688. The topological polar surface area (TPSA) is 28.2 Å². The summed E-state index contributed by atoms with van der Waals surface area (Å²) in [7, 11) is 0. The summed E-state index contributed by atoms with van der Waals surface area (Å²) in [5.41, 5.74) is 3.82. The highest BCUT2D eigenvalue weighted by molar-refractivity contribution is 5.54. The normalized spacial score (nSPS) is 23.7. The van der Waals surface area contributed by atoms with Crippen LogP contribution >= 0.6 is 0 Å². The minimum absolute atomic E-state index is 0.630. The lowest BCUT2D eigenvalue weighted by molar-refractivity contribution is 0.377. The average molecular weight is 261 g/mol. The SMILES string of the molecule is CCNCc1cnc(C)cc1N1CCC(C)CC1C. The van der Waals surface area contributed by atoms with Crippen LogP contribution in [0.4, 0.5) is 5.69 Å². The Labute approximate surface area is 117 Å². The predicted octanol–water partition coefficient (Wildman–Crippen LogP) is 3.12. The van der Waals surface area contributed by atoms with Crippen LogP contribution in [0.3, 0.4) is 0 Å². The summed E-state index contributed by atoms with van der Waals surface area (Å²) in [5.74, 6) is 0.853. The number of piperidine rings is 1. The van der Waals surface area contributed by atoms with Crippen LogP contribution in [0.2, 0.25) is 0 Å². The van der Waals surface area contributed by atoms with E-state index in [0.29, 0.717) is 6.04 Å². The molecule has 0 amide bonds. The van der Waals surface area contributed by atoms with Crippen molar-refractivity contribution < 1.29 is 0 Å². The molecule has 1 fully saturated rings. The van der Waals surface area contributed by atoms with Gasteiger partial charge in [-0.15, -0.1) is 0 Å². The number of aryl methyl sites for hydroxylation is 1. The molecular formula is C16H27N3. The summed E-state index contributed by atoms with van der Waals surface area (Å²) >= 11 is 0. The third-order valence-electron chi connectivity index (χ3n) is 4.11. The summed E-state index contributed by atoms with van der Waals surface area (Å²) in [6.07, 6.45) is 4.63. The number of nitrogens with zero attached hydrogens (tertiary/aromatic N) is 2. The van der Waals surface area contributed by atoms with E-state index in [4.69, 9.17) is 0 Å². The Morgan fingerprint density at radius 1 is 1.42 bits per heavy atom. The molecule has 0 radical (unpaired) electrons. The van der Waals surface area contributed by atoms with Crippen LogP contribution in [0.25, 0.3) is 0 Å². The molecule has 0 saturated carbocycles. The van der Waals surface area contributed by atoms with Crippen LogP contribution in [0.5, 0.6) is 0 Å². The number of hydrogen-bond donors (Lipinski definition) is 1. The maximum Gasteiger partial charge on any atom is 0.0447 e. The van der Waals surface area contributed by atoms with Crippen molar-refractivity contribution in [3.8, 4) is 0 Å². The monoisotopic (exact) mass is 261 g/mol. The zero-order valence-corrected chi connectivity index (χ0v) is 12.7. The summed E-state index contributed by atoms with van der Waals surface area (Å²) in [6.45, 7) is 12.0. The first-order chi connectivity index (χ1) is 9.11. The molecule has 1 aliphatic rings. The molecule has 1 N–H and O–H groups in total. The van der Waals surface area contributed by atoms with Crippen molar-refractivity contribution in [3.05, 3.63) is 23.5 Å². The van der Waals surface area contributed by atoms with E-state index in [9.17, 15) is 0 Å². The van der Waals surface area contributed by atoms with E-state index in [2.05, 4.69) is 49.0 Å². The van der Waals surface area contributed by atoms with Gasteiger partial charge in [0.25, 0.3) is 0 Å². The number of nitrogens with one attached hydrogen (secondary N) is 1. The summed E-state index contributed by atoms with van der Waals surface area (Å²) in [6, 6.07) is 2.88. The van der Waals surface area contributed by atoms with Gasteiger partial charge < -0.3 is 10.2 Å². The van der Waals surface area contributed by atoms with Crippen molar-refractivity contribution in [2.75, 3.05) is 18.0 Å². The molecule has 0 spiro atoms. The lowest BCUT2D eigenvalue weighted by Crippen LogP contribution is -2.41. The largest absolute Gasteiger partial charge is 0.368 e. The molecule has 0 bridgehead atoms. The standard InChI is InChI=1S/C16H27N3/c1-5-17-10-15-11-18-13(3)9-16(15)19-7-6-12(2)8-14(19)4/h9,11-12,14,17H,5-8,10H2,1-4H3. The molecule has 2 heterocycles. The molecule has 2 unspecified atom stereocenters. The summed E-state index contributed by atoms with van der Waals surface area (Å²) in [5, 5.41) is 3.42. The molecule has 0 aromatic carbocycles. The minimum Gasteiger partial charge on any atom is -0.368 e. The van der Waals surface area contributed by atoms with Gasteiger partial charge in [-0.25, -0.2) is 0 Å². The molecule has 106 valence electrons. The van der Waals surface area contributed by atoms with Gasteiger partial charge in [-0.2, -0.15) is 0 Å². The Hall–Kier alpha value is -1.09. The van der Waals surface area contributed by atoms with Gasteiger partial charge in [0.15, 0.2) is 0 Å². The van der Waals surface area contributed by atoms with Gasteiger partial charge in [-0.05, 0) is 45.2 Å². The molecular weight excluding hydrogens is 234 g/mol. The molecule has 19 heavy (non-hydrogen) atoms. The minimum atomic E-state index is 0.630. The number of rotatable bonds is 4. The van der Waals surface area contributed by atoms with Gasteiger partial charge in [-0.1, -0.05) is 13.8 Å². The quantitative estimate of drug-likeness (QED) is 0.902. The molecule has 3 nitrogen and oxygen atoms in total. The maximum atomic E-state index is 4.46. The summed E-state index contributed by atoms with van der Waals surface area (Å²) < 4.78 is 0. The van der Waals surface area contributed by atoms with Crippen LogP contribution in [0, 0.1) is 12.8 Å². The fourth-order valence-corrected chi connectivity index (χ4v) is 3.00. The highest BCUT2D eigenvalue weighted by Gasteiger charge is 2.24. The van der Waals surface area contributed by atoms with Crippen LogP contribution in [-0.2, 0) is 6.54 Å². The van der Waals surface area contributed by atoms with Crippen molar-refractivity contribution >= 4 is 5.69 Å². The number of hydrogen-bond acceptors (Lipinski definition) is 3. The predicted molar refractivity (Wildman–Crippen MR) is 81.6 cm³/mol. The van der Waals surface area contributed by atoms with Crippen molar-refractivity contribution in [2.24, 2.45) is 5.92 Å². The second kappa shape index (κ2) is 6.38. The average Bonchev–Trinajstić information content (AvgIpc) is 2.37. The van der Waals surface area contributed by atoms with Gasteiger partial charge in [0, 0.05) is 42.3 Å². The van der Waals surface area contributed by atoms with Gasteiger partial charge in [-0.3, -0.25) is 4.98 Å². The second-order valence-electron chi connectivity index (χ2n) is 5.91. The lowest BCUT2D eigenvalue weighted by Gasteiger charge is -2.39. The molecule has 1 aromatic heterocycles. The van der Waals surface area contributed by atoms with Crippen LogP contribution in [0.1, 0.15) is 44.9 Å². The zero-order valence-electron chi connectivity index (χ0n) is 12.7. The first kappa shape index (κ1) is 14.3. The van der Waals surface area contributed by atoms with Crippen molar-refractivity contribution in [1.29, 1.82) is 0 Å². The van der Waals surface area contributed by atoms with Crippen molar-refractivity contribution in [2.45, 2.75) is 53.1 Å². The second-order valence-corrected chi connectivity index (χ2v) is 5.91. The third-order valence-corrected chi connectivity index (χ3v) is 4.11. The zero-order chi connectivity index (χ0) is 13.8. The maximum absolute atomic E-state index is 4.46. The van der Waals surface area contributed by atoms with Gasteiger partial charge >= 0.3 is 0 Å². The van der Waals surface area contributed by atoms with Crippen LogP contribution in [0.15, 0.2) is 12.3 Å². The van der Waals surface area contributed by atoms with Gasteiger partial charge in [0.2, 0.25) is 0 Å². The van der Waals surface area contributed by atoms with Crippen molar-refractivity contribution in [3.63, 3.8) is 0 Å². The van der Waals surface area contributed by atoms with E-state index >= 15 is 0 Å². The molecule has 0 aliphatic carbocycles. The Balaban J connectivity index is 2.23. The van der Waals surface area contributed by atoms with Crippen LogP contribution in [-0.4, -0.2) is 24.1 Å². The first-order valence-corrected chi connectivity index (χ1v) is 7.54. The van der Waals surface area contributed by atoms with E-state index in [0.717, 1.165) is 24.7 Å². The van der Waals surface area contributed by atoms with Crippen molar-refractivity contribution in [1.82, 2.24) is 10.3 Å². The van der Waals surface area contributed by atoms with E-state index in [-0.39, 0.29) is 0 Å². The molecule has 1 aliphatic heterocycles. The van der Waals surface area contributed by atoms with Gasteiger partial charge in [0.1, 0.15) is 0 Å². The molecule has 1 aromatic rings.